The van der Waals surface area contributed by atoms with Gasteiger partial charge in [-0.25, -0.2) is 9.97 Å². The summed E-state index contributed by atoms with van der Waals surface area (Å²) in [4.78, 5) is 10.8. The maximum atomic E-state index is 4.41. The Bertz CT molecular complexity index is 336. The van der Waals surface area contributed by atoms with Crippen LogP contribution in [-0.4, -0.2) is 23.1 Å². The van der Waals surface area contributed by atoms with Crippen LogP contribution in [0.15, 0.2) is 24.4 Å². The van der Waals surface area contributed by atoms with Crippen LogP contribution < -0.4 is 4.90 Å². The van der Waals surface area contributed by atoms with Crippen molar-refractivity contribution in [3.8, 4) is 0 Å². The Labute approximate surface area is 84.5 Å². The van der Waals surface area contributed by atoms with Crippen molar-refractivity contribution in [1.29, 1.82) is 0 Å². The average molecular weight is 189 g/mol. The molecular weight excluding hydrogens is 174 g/mol. The maximum Gasteiger partial charge on any atom is 0.132 e. The Kier molecular flexibility index (Phi) is 2.48. The molecule has 0 atom stereocenters. The first-order chi connectivity index (χ1) is 6.75. The maximum absolute atomic E-state index is 4.41. The molecule has 74 valence electrons. The SMILES string of the molecule is C=C1CCN(c2ccnc(C)n2)CC1. The largest absolute Gasteiger partial charge is 0.356 e. The van der Waals surface area contributed by atoms with Gasteiger partial charge in [-0.1, -0.05) is 12.2 Å². The first-order valence-corrected chi connectivity index (χ1v) is 4.97. The Morgan fingerprint density at radius 1 is 1.36 bits per heavy atom. The predicted octanol–water partition coefficient (Wildman–Crippen LogP) is 1.94. The third-order valence-electron chi connectivity index (χ3n) is 2.56. The molecule has 0 saturated carbocycles. The molecule has 2 rings (SSSR count). The van der Waals surface area contributed by atoms with Gasteiger partial charge in [0.05, 0.1) is 0 Å². The Morgan fingerprint density at radius 2 is 2.07 bits per heavy atom. The van der Waals surface area contributed by atoms with Crippen LogP contribution in [-0.2, 0) is 0 Å². The number of anilines is 1. The summed E-state index contributed by atoms with van der Waals surface area (Å²) in [6, 6.07) is 1.97. The van der Waals surface area contributed by atoms with Gasteiger partial charge in [0.1, 0.15) is 11.6 Å². The quantitative estimate of drug-likeness (QED) is 0.632. The van der Waals surface area contributed by atoms with Gasteiger partial charge in [-0.15, -0.1) is 0 Å². The van der Waals surface area contributed by atoms with Crippen LogP contribution in [0.25, 0.3) is 0 Å². The van der Waals surface area contributed by atoms with Gasteiger partial charge >= 0.3 is 0 Å². The van der Waals surface area contributed by atoms with E-state index in [9.17, 15) is 0 Å². The van der Waals surface area contributed by atoms with Gasteiger partial charge in [-0.05, 0) is 25.8 Å². The number of aromatic nitrogens is 2. The summed E-state index contributed by atoms with van der Waals surface area (Å²) in [7, 11) is 0. The van der Waals surface area contributed by atoms with E-state index in [4.69, 9.17) is 0 Å². The van der Waals surface area contributed by atoms with Crippen LogP contribution >= 0.6 is 0 Å². The van der Waals surface area contributed by atoms with E-state index in [1.807, 2.05) is 19.2 Å². The lowest BCUT2D eigenvalue weighted by Gasteiger charge is -2.28. The summed E-state index contributed by atoms with van der Waals surface area (Å²) in [5.41, 5.74) is 1.35. The third kappa shape index (κ3) is 1.92. The second-order valence-electron chi connectivity index (χ2n) is 3.70. The summed E-state index contributed by atoms with van der Waals surface area (Å²) in [5, 5.41) is 0. The minimum atomic E-state index is 0.840. The fraction of sp³-hybridized carbons (Fsp3) is 0.455. The van der Waals surface area contributed by atoms with Crippen molar-refractivity contribution >= 4 is 5.82 Å². The summed E-state index contributed by atoms with van der Waals surface area (Å²) < 4.78 is 0. The van der Waals surface area contributed by atoms with E-state index < -0.39 is 0 Å². The molecule has 1 aromatic heterocycles. The van der Waals surface area contributed by atoms with Crippen molar-refractivity contribution in [2.45, 2.75) is 19.8 Å². The molecule has 0 aliphatic carbocycles. The zero-order chi connectivity index (χ0) is 9.97. The van der Waals surface area contributed by atoms with Crippen molar-refractivity contribution in [2.24, 2.45) is 0 Å². The highest BCUT2D eigenvalue weighted by Gasteiger charge is 2.13. The average Bonchev–Trinajstić information content (AvgIpc) is 2.19. The van der Waals surface area contributed by atoms with Crippen molar-refractivity contribution < 1.29 is 0 Å². The van der Waals surface area contributed by atoms with Gasteiger partial charge in [-0.2, -0.15) is 0 Å². The van der Waals surface area contributed by atoms with Gasteiger partial charge in [0, 0.05) is 19.3 Å². The number of hydrogen-bond acceptors (Lipinski definition) is 3. The van der Waals surface area contributed by atoms with Crippen molar-refractivity contribution in [1.82, 2.24) is 9.97 Å². The fourth-order valence-corrected chi connectivity index (χ4v) is 1.67. The molecular formula is C11H15N3. The molecule has 1 saturated heterocycles. The lowest BCUT2D eigenvalue weighted by Crippen LogP contribution is -2.31. The molecule has 3 heteroatoms. The lowest BCUT2D eigenvalue weighted by atomic mass is 10.1. The first-order valence-electron chi connectivity index (χ1n) is 4.97. The molecule has 0 N–H and O–H groups in total. The van der Waals surface area contributed by atoms with Crippen molar-refractivity contribution in [3.05, 3.63) is 30.2 Å². The molecule has 1 aliphatic heterocycles. The molecule has 0 spiro atoms. The fourth-order valence-electron chi connectivity index (χ4n) is 1.67. The first kappa shape index (κ1) is 9.19. The normalized spacial score (nSPS) is 17.2. The van der Waals surface area contributed by atoms with Crippen LogP contribution in [0.3, 0.4) is 0 Å². The molecule has 1 aromatic rings. The van der Waals surface area contributed by atoms with E-state index in [0.717, 1.165) is 37.6 Å². The Morgan fingerprint density at radius 3 is 2.71 bits per heavy atom. The highest BCUT2D eigenvalue weighted by Crippen LogP contribution is 2.19. The van der Waals surface area contributed by atoms with Crippen LogP contribution in [0.1, 0.15) is 18.7 Å². The van der Waals surface area contributed by atoms with E-state index >= 15 is 0 Å². The summed E-state index contributed by atoms with van der Waals surface area (Å²) in [6.07, 6.45) is 3.99. The van der Waals surface area contributed by atoms with Crippen molar-refractivity contribution in [3.63, 3.8) is 0 Å². The topological polar surface area (TPSA) is 29.0 Å². The summed E-state index contributed by atoms with van der Waals surface area (Å²) >= 11 is 0. The summed E-state index contributed by atoms with van der Waals surface area (Å²) in [5.74, 6) is 1.89. The van der Waals surface area contributed by atoms with Gasteiger partial charge < -0.3 is 4.90 Å². The van der Waals surface area contributed by atoms with E-state index in [1.165, 1.54) is 5.57 Å². The highest BCUT2D eigenvalue weighted by atomic mass is 15.2. The number of piperidine rings is 1. The number of rotatable bonds is 1. The monoisotopic (exact) mass is 189 g/mol. The van der Waals surface area contributed by atoms with Gasteiger partial charge in [-0.3, -0.25) is 0 Å². The second-order valence-corrected chi connectivity index (χ2v) is 3.70. The predicted molar refractivity (Wildman–Crippen MR) is 57.4 cm³/mol. The highest BCUT2D eigenvalue weighted by molar-refractivity contribution is 5.38. The molecule has 0 bridgehead atoms. The Hall–Kier alpha value is -1.38. The Balaban J connectivity index is 2.12. The number of nitrogens with zero attached hydrogens (tertiary/aromatic N) is 3. The molecule has 0 unspecified atom stereocenters. The molecule has 2 heterocycles. The smallest absolute Gasteiger partial charge is 0.132 e. The molecule has 0 aromatic carbocycles. The van der Waals surface area contributed by atoms with Crippen LogP contribution in [0, 0.1) is 6.92 Å². The van der Waals surface area contributed by atoms with Crippen molar-refractivity contribution in [2.75, 3.05) is 18.0 Å². The van der Waals surface area contributed by atoms with E-state index in [2.05, 4.69) is 21.4 Å². The second kappa shape index (κ2) is 3.78. The zero-order valence-corrected chi connectivity index (χ0v) is 8.53. The van der Waals surface area contributed by atoms with E-state index in [0.29, 0.717) is 0 Å². The molecule has 3 nitrogen and oxygen atoms in total. The van der Waals surface area contributed by atoms with E-state index in [-0.39, 0.29) is 0 Å². The third-order valence-corrected chi connectivity index (χ3v) is 2.56. The minimum absolute atomic E-state index is 0.840. The standard InChI is InChI=1S/C11H15N3/c1-9-4-7-14(8-5-9)11-3-6-12-10(2)13-11/h3,6H,1,4-5,7-8H2,2H3. The molecule has 0 amide bonds. The van der Waals surface area contributed by atoms with Gasteiger partial charge in [0.2, 0.25) is 0 Å². The van der Waals surface area contributed by atoms with Crippen LogP contribution in [0.5, 0.6) is 0 Å². The molecule has 14 heavy (non-hydrogen) atoms. The van der Waals surface area contributed by atoms with Crippen LogP contribution in [0.2, 0.25) is 0 Å². The van der Waals surface area contributed by atoms with Crippen LogP contribution in [0.4, 0.5) is 5.82 Å². The molecule has 1 fully saturated rings. The number of aryl methyl sites for hydroxylation is 1. The molecule has 0 radical (unpaired) electrons. The molecule has 1 aliphatic rings. The zero-order valence-electron chi connectivity index (χ0n) is 8.53. The lowest BCUT2D eigenvalue weighted by molar-refractivity contribution is 0.677. The summed E-state index contributed by atoms with van der Waals surface area (Å²) in [6.45, 7) is 8.00. The number of hydrogen-bond donors (Lipinski definition) is 0. The minimum Gasteiger partial charge on any atom is -0.356 e. The van der Waals surface area contributed by atoms with E-state index in [1.54, 1.807) is 0 Å². The van der Waals surface area contributed by atoms with Gasteiger partial charge in [0.15, 0.2) is 0 Å². The van der Waals surface area contributed by atoms with Gasteiger partial charge in [0.25, 0.3) is 0 Å².